The summed E-state index contributed by atoms with van der Waals surface area (Å²) in [5, 5.41) is 3.96. The molecule has 0 bridgehead atoms. The molecule has 2 aromatic carbocycles. The summed E-state index contributed by atoms with van der Waals surface area (Å²) in [5.41, 5.74) is 1.63. The van der Waals surface area contributed by atoms with E-state index in [2.05, 4.69) is 5.16 Å². The Balaban J connectivity index is 1.60. The van der Waals surface area contributed by atoms with Crippen LogP contribution in [0.3, 0.4) is 0 Å². The van der Waals surface area contributed by atoms with Crippen LogP contribution in [0.1, 0.15) is 23.0 Å². The molecule has 0 aliphatic rings. The van der Waals surface area contributed by atoms with Crippen LogP contribution in [0.2, 0.25) is 0 Å². The van der Waals surface area contributed by atoms with Crippen LogP contribution in [0.4, 0.5) is 0 Å². The maximum Gasteiger partial charge on any atom is 0.321 e. The number of carbonyl (C=O) groups is 2. The van der Waals surface area contributed by atoms with Gasteiger partial charge in [-0.15, -0.1) is 0 Å². The van der Waals surface area contributed by atoms with Crippen molar-refractivity contribution in [2.24, 2.45) is 0 Å². The summed E-state index contributed by atoms with van der Waals surface area (Å²) in [6.07, 6.45) is 0. The number of benzene rings is 2. The van der Waals surface area contributed by atoms with E-state index in [1.807, 2.05) is 18.2 Å². The van der Waals surface area contributed by atoms with Gasteiger partial charge >= 0.3 is 5.97 Å². The van der Waals surface area contributed by atoms with E-state index in [1.54, 1.807) is 19.2 Å². The number of methoxy groups -OCH3 is 1. The number of rotatable bonds is 9. The first-order chi connectivity index (χ1) is 15.2. The zero-order valence-electron chi connectivity index (χ0n) is 17.8. The number of aromatic nitrogens is 1. The minimum Gasteiger partial charge on any atom is -0.496 e. The first kappa shape index (κ1) is 23.2. The van der Waals surface area contributed by atoms with Gasteiger partial charge in [0.25, 0.3) is 0 Å². The fourth-order valence-corrected chi connectivity index (χ4v) is 3.99. The average Bonchev–Trinajstić information content (AvgIpc) is 3.26. The fourth-order valence-electron chi connectivity index (χ4n) is 2.87. The van der Waals surface area contributed by atoms with Crippen molar-refractivity contribution >= 4 is 21.8 Å². The molecule has 0 atom stereocenters. The van der Waals surface area contributed by atoms with Gasteiger partial charge in [-0.2, -0.15) is 4.31 Å². The van der Waals surface area contributed by atoms with Gasteiger partial charge in [-0.1, -0.05) is 29.4 Å². The van der Waals surface area contributed by atoms with Crippen LogP contribution in [-0.2, 0) is 26.2 Å². The lowest BCUT2D eigenvalue weighted by Crippen LogP contribution is -2.33. The molecule has 3 rings (SSSR count). The summed E-state index contributed by atoms with van der Waals surface area (Å²) < 4.78 is 41.8. The Morgan fingerprint density at radius 2 is 1.78 bits per heavy atom. The second-order valence-corrected chi connectivity index (χ2v) is 8.93. The minimum atomic E-state index is -3.93. The van der Waals surface area contributed by atoms with Crippen molar-refractivity contribution in [2.45, 2.75) is 18.4 Å². The quantitative estimate of drug-likeness (QED) is 0.355. The molecule has 0 amide bonds. The molecule has 0 aliphatic carbocycles. The number of esters is 1. The van der Waals surface area contributed by atoms with Gasteiger partial charge in [-0.05, 0) is 31.2 Å². The lowest BCUT2D eigenvalue weighted by Gasteiger charge is -2.16. The molecule has 10 heteroatoms. The fraction of sp³-hybridized carbons (Fsp3) is 0.227. The van der Waals surface area contributed by atoms with Gasteiger partial charge in [-0.3, -0.25) is 9.59 Å². The molecule has 0 N–H and O–H groups in total. The summed E-state index contributed by atoms with van der Waals surface area (Å²) in [5.74, 6) is -0.0177. The predicted octanol–water partition coefficient (Wildman–Crippen LogP) is 2.92. The van der Waals surface area contributed by atoms with Gasteiger partial charge in [0.1, 0.15) is 18.0 Å². The van der Waals surface area contributed by atoms with Crippen molar-refractivity contribution in [1.82, 2.24) is 9.46 Å². The molecule has 0 aliphatic heterocycles. The molecule has 32 heavy (non-hydrogen) atoms. The van der Waals surface area contributed by atoms with E-state index >= 15 is 0 Å². The number of ketones is 1. The van der Waals surface area contributed by atoms with Crippen LogP contribution in [0.5, 0.6) is 5.75 Å². The highest BCUT2D eigenvalue weighted by molar-refractivity contribution is 7.89. The summed E-state index contributed by atoms with van der Waals surface area (Å²) in [6, 6.07) is 14.4. The van der Waals surface area contributed by atoms with Crippen LogP contribution >= 0.6 is 0 Å². The van der Waals surface area contributed by atoms with E-state index in [0.717, 1.165) is 9.87 Å². The highest BCUT2D eigenvalue weighted by atomic mass is 32.2. The Hall–Kier alpha value is -3.50. The highest BCUT2D eigenvalue weighted by Crippen LogP contribution is 2.29. The van der Waals surface area contributed by atoms with E-state index < -0.39 is 22.5 Å². The third-order valence-electron chi connectivity index (χ3n) is 4.64. The van der Waals surface area contributed by atoms with Gasteiger partial charge in [-0.25, -0.2) is 8.42 Å². The van der Waals surface area contributed by atoms with Crippen molar-refractivity contribution in [3.05, 3.63) is 65.9 Å². The monoisotopic (exact) mass is 458 g/mol. The largest absolute Gasteiger partial charge is 0.496 e. The standard InChI is InChI=1S/C22H22N2O7S/c1-15(25)16-8-10-18(11-9-16)32(27,28)24(2)13-22(26)30-14-17-12-20(23-31-17)19-6-4-5-7-21(19)29-3/h4-12H,13-14H2,1-3H3. The normalized spacial score (nSPS) is 11.4. The van der Waals surface area contributed by atoms with Crippen molar-refractivity contribution in [1.29, 1.82) is 0 Å². The summed E-state index contributed by atoms with van der Waals surface area (Å²) in [7, 11) is -1.11. The lowest BCUT2D eigenvalue weighted by atomic mass is 10.1. The van der Waals surface area contributed by atoms with Crippen LogP contribution in [0.15, 0.2) is 64.0 Å². The number of likely N-dealkylation sites (N-methyl/N-ethyl adjacent to an activating group) is 1. The maximum atomic E-state index is 12.6. The summed E-state index contributed by atoms with van der Waals surface area (Å²) in [6.45, 7) is 0.686. The zero-order valence-corrected chi connectivity index (χ0v) is 18.6. The molecule has 0 saturated carbocycles. The number of nitrogens with zero attached hydrogens (tertiary/aromatic N) is 2. The Kier molecular flexibility index (Phi) is 7.06. The number of ether oxygens (including phenoxy) is 2. The summed E-state index contributed by atoms with van der Waals surface area (Å²) in [4.78, 5) is 23.5. The first-order valence-electron chi connectivity index (χ1n) is 9.54. The van der Waals surface area contributed by atoms with E-state index in [4.69, 9.17) is 14.0 Å². The number of carbonyl (C=O) groups excluding carboxylic acids is 2. The molecule has 1 aromatic heterocycles. The second kappa shape index (κ2) is 9.75. The number of para-hydroxylation sites is 1. The Bertz CT molecular complexity index is 1220. The molecular formula is C22H22N2O7S. The van der Waals surface area contributed by atoms with Gasteiger partial charge < -0.3 is 14.0 Å². The molecule has 0 fully saturated rings. The second-order valence-electron chi connectivity index (χ2n) is 6.88. The van der Waals surface area contributed by atoms with Crippen LogP contribution in [0.25, 0.3) is 11.3 Å². The number of sulfonamides is 1. The Labute approximate surface area is 185 Å². The predicted molar refractivity (Wildman–Crippen MR) is 115 cm³/mol. The molecule has 0 unspecified atom stereocenters. The molecule has 0 spiro atoms. The van der Waals surface area contributed by atoms with Gasteiger partial charge in [0.2, 0.25) is 10.0 Å². The number of hydrogen-bond acceptors (Lipinski definition) is 8. The van der Waals surface area contributed by atoms with E-state index in [1.165, 1.54) is 38.2 Å². The van der Waals surface area contributed by atoms with Crippen LogP contribution < -0.4 is 4.74 Å². The molecule has 1 heterocycles. The van der Waals surface area contributed by atoms with E-state index in [-0.39, 0.29) is 17.3 Å². The third-order valence-corrected chi connectivity index (χ3v) is 6.46. The SMILES string of the molecule is COc1ccccc1-c1cc(COC(=O)CN(C)S(=O)(=O)c2ccc(C(C)=O)cc2)on1. The van der Waals surface area contributed by atoms with Crippen molar-refractivity contribution in [3.8, 4) is 17.0 Å². The smallest absolute Gasteiger partial charge is 0.321 e. The molecule has 168 valence electrons. The van der Waals surface area contributed by atoms with Crippen LogP contribution in [-0.4, -0.2) is 50.3 Å². The molecule has 0 radical (unpaired) electrons. The van der Waals surface area contributed by atoms with Crippen molar-refractivity contribution in [3.63, 3.8) is 0 Å². The molecule has 3 aromatic rings. The minimum absolute atomic E-state index is 0.0329. The topological polar surface area (TPSA) is 116 Å². The number of Topliss-reactive ketones (excluding diaryl/α,β-unsaturated/α-hetero) is 1. The third kappa shape index (κ3) is 5.21. The number of hydrogen-bond donors (Lipinski definition) is 0. The first-order valence-corrected chi connectivity index (χ1v) is 11.0. The van der Waals surface area contributed by atoms with Gasteiger partial charge in [0, 0.05) is 24.2 Å². The van der Waals surface area contributed by atoms with Crippen molar-refractivity contribution < 1.29 is 32.0 Å². The molecule has 9 nitrogen and oxygen atoms in total. The zero-order chi connectivity index (χ0) is 23.3. The van der Waals surface area contributed by atoms with E-state index in [0.29, 0.717) is 22.8 Å². The van der Waals surface area contributed by atoms with E-state index in [9.17, 15) is 18.0 Å². The highest BCUT2D eigenvalue weighted by Gasteiger charge is 2.24. The molecule has 0 saturated heterocycles. The van der Waals surface area contributed by atoms with Crippen LogP contribution in [0, 0.1) is 0 Å². The Morgan fingerprint density at radius 1 is 1.09 bits per heavy atom. The van der Waals surface area contributed by atoms with Gasteiger partial charge in [0.15, 0.2) is 18.2 Å². The maximum absolute atomic E-state index is 12.6. The van der Waals surface area contributed by atoms with Crippen molar-refractivity contribution in [2.75, 3.05) is 20.7 Å². The molecular weight excluding hydrogens is 436 g/mol. The average molecular weight is 458 g/mol. The van der Waals surface area contributed by atoms with Gasteiger partial charge in [0.05, 0.1) is 12.0 Å². The lowest BCUT2D eigenvalue weighted by molar-refractivity contribution is -0.145. The summed E-state index contributed by atoms with van der Waals surface area (Å²) >= 11 is 0. The Morgan fingerprint density at radius 3 is 2.44 bits per heavy atom.